The molecule has 2 nitrogen and oxygen atoms in total. The first-order valence-electron chi connectivity index (χ1n) is 9.64. The van der Waals surface area contributed by atoms with Gasteiger partial charge in [0.1, 0.15) is 6.10 Å². The molecule has 0 saturated heterocycles. The fourth-order valence-corrected chi connectivity index (χ4v) is 6.09. The quantitative estimate of drug-likeness (QED) is 0.493. The molecular weight excluding hydrogens is 374 g/mol. The lowest BCUT2D eigenvalue weighted by Gasteiger charge is -2.55. The molecule has 27 heavy (non-hydrogen) atoms. The Morgan fingerprint density at radius 1 is 0.815 bits per heavy atom. The van der Waals surface area contributed by atoms with Crippen LogP contribution in [-0.4, -0.2) is 29.2 Å². The number of ether oxygens (including phenoxy) is 1. The highest BCUT2D eigenvalue weighted by atomic mass is 19.4. The lowest BCUT2D eigenvalue weighted by molar-refractivity contribution is -0.394. The van der Waals surface area contributed by atoms with Crippen molar-refractivity contribution in [1.29, 1.82) is 0 Å². The second kappa shape index (κ2) is 7.16. The van der Waals surface area contributed by atoms with E-state index in [2.05, 4.69) is 6.58 Å². The van der Waals surface area contributed by atoms with Crippen LogP contribution in [0.4, 0.5) is 26.3 Å². The molecule has 0 heterocycles. The van der Waals surface area contributed by atoms with E-state index in [-0.39, 0.29) is 24.7 Å². The van der Waals surface area contributed by atoms with Crippen molar-refractivity contribution < 1.29 is 36.2 Å². The normalized spacial score (nSPS) is 37.9. The minimum absolute atomic E-state index is 0.0382. The van der Waals surface area contributed by atoms with E-state index >= 15 is 0 Å². The summed E-state index contributed by atoms with van der Waals surface area (Å²) in [5.74, 6) is -3.00. The smallest absolute Gasteiger partial charge is 0.426 e. The van der Waals surface area contributed by atoms with Crippen molar-refractivity contribution in [3.63, 3.8) is 0 Å². The van der Waals surface area contributed by atoms with Crippen LogP contribution in [0.2, 0.25) is 0 Å². The number of halogens is 6. The van der Waals surface area contributed by atoms with Crippen LogP contribution in [0.15, 0.2) is 12.8 Å². The van der Waals surface area contributed by atoms with Crippen LogP contribution in [-0.2, 0) is 4.74 Å². The van der Waals surface area contributed by atoms with Crippen LogP contribution in [0.5, 0.6) is 0 Å². The molecule has 0 radical (unpaired) electrons. The summed E-state index contributed by atoms with van der Waals surface area (Å²) in [6, 6.07) is 0. The maximum absolute atomic E-state index is 13.5. The minimum Gasteiger partial charge on any atom is -0.498 e. The molecule has 0 amide bonds. The largest absolute Gasteiger partial charge is 0.498 e. The Bertz CT molecular complexity index is 529. The molecule has 0 aromatic rings. The van der Waals surface area contributed by atoms with Crippen molar-refractivity contribution in [3.8, 4) is 0 Å². The van der Waals surface area contributed by atoms with E-state index in [9.17, 15) is 31.4 Å². The van der Waals surface area contributed by atoms with Crippen molar-refractivity contribution >= 4 is 0 Å². The van der Waals surface area contributed by atoms with Crippen LogP contribution in [0.25, 0.3) is 0 Å². The topological polar surface area (TPSA) is 29.5 Å². The predicted molar refractivity (Wildman–Crippen MR) is 86.5 cm³/mol. The third kappa shape index (κ3) is 3.36. The molecule has 3 saturated carbocycles. The van der Waals surface area contributed by atoms with Crippen LogP contribution >= 0.6 is 0 Å². The number of aliphatic hydroxyl groups is 1. The van der Waals surface area contributed by atoms with E-state index in [1.54, 1.807) is 0 Å². The van der Waals surface area contributed by atoms with Crippen LogP contribution in [0.1, 0.15) is 51.4 Å². The summed E-state index contributed by atoms with van der Waals surface area (Å²) in [5.41, 5.74) is -4.68. The Hall–Kier alpha value is -0.920. The monoisotopic (exact) mass is 400 g/mol. The molecule has 156 valence electrons. The van der Waals surface area contributed by atoms with E-state index in [1.807, 2.05) is 0 Å². The average Bonchev–Trinajstić information content (AvgIpc) is 2.58. The Kier molecular flexibility index (Phi) is 5.51. The third-order valence-electron chi connectivity index (χ3n) is 7.16. The minimum atomic E-state index is -5.77. The highest BCUT2D eigenvalue weighted by Gasteiger charge is 2.75. The fraction of sp³-hybridized carbons (Fsp3) is 0.895. The second-order valence-corrected chi connectivity index (χ2v) is 8.34. The van der Waals surface area contributed by atoms with Crippen LogP contribution < -0.4 is 0 Å². The van der Waals surface area contributed by atoms with Gasteiger partial charge in [-0.15, -0.1) is 0 Å². The zero-order chi connectivity index (χ0) is 20.0. The Balaban J connectivity index is 2.00. The number of fused-ring (bicyclic) bond motifs is 2. The molecule has 6 atom stereocenters. The van der Waals surface area contributed by atoms with E-state index in [1.165, 1.54) is 6.26 Å². The molecule has 6 unspecified atom stereocenters. The summed E-state index contributed by atoms with van der Waals surface area (Å²) >= 11 is 0. The Morgan fingerprint density at radius 2 is 1.41 bits per heavy atom. The van der Waals surface area contributed by atoms with Gasteiger partial charge in [-0.05, 0) is 49.4 Å². The summed E-state index contributed by atoms with van der Waals surface area (Å²) in [5, 5.41) is 10.0. The van der Waals surface area contributed by atoms with E-state index in [4.69, 9.17) is 4.74 Å². The maximum atomic E-state index is 13.5. The highest BCUT2D eigenvalue weighted by molar-refractivity contribution is 5.08. The summed E-state index contributed by atoms with van der Waals surface area (Å²) in [7, 11) is 0. The maximum Gasteiger partial charge on any atom is 0.426 e. The van der Waals surface area contributed by atoms with E-state index in [0.717, 1.165) is 25.7 Å². The second-order valence-electron chi connectivity index (χ2n) is 8.34. The van der Waals surface area contributed by atoms with Crippen molar-refractivity contribution in [2.75, 3.05) is 0 Å². The fourth-order valence-electron chi connectivity index (χ4n) is 6.09. The van der Waals surface area contributed by atoms with Gasteiger partial charge in [0.2, 0.25) is 0 Å². The van der Waals surface area contributed by atoms with Gasteiger partial charge in [0, 0.05) is 5.92 Å². The van der Waals surface area contributed by atoms with E-state index in [0.29, 0.717) is 12.8 Å². The third-order valence-corrected chi connectivity index (χ3v) is 7.16. The van der Waals surface area contributed by atoms with E-state index < -0.39 is 41.8 Å². The molecule has 0 bridgehead atoms. The highest BCUT2D eigenvalue weighted by Crippen LogP contribution is 2.59. The number of hydrogen-bond donors (Lipinski definition) is 1. The standard InChI is InChI=1S/C19H26F6O2/c1-2-27-16-12-7-4-3-6-11(12)10-14-13(16)8-5-9-15(14)17(26,18(20,21)22)19(23,24)25/h2,11-16,26H,1,3-10H2. The zero-order valence-corrected chi connectivity index (χ0v) is 15.0. The first-order chi connectivity index (χ1) is 12.5. The molecule has 3 fully saturated rings. The van der Waals surface area contributed by atoms with Crippen molar-refractivity contribution in [1.82, 2.24) is 0 Å². The molecule has 3 aliphatic rings. The first kappa shape index (κ1) is 20.8. The van der Waals surface area contributed by atoms with Gasteiger partial charge in [0.15, 0.2) is 0 Å². The SMILES string of the molecule is C=COC1C2CCCCC2CC2C1CCCC2C(O)(C(F)(F)F)C(F)(F)F. The van der Waals surface area contributed by atoms with Crippen LogP contribution in [0.3, 0.4) is 0 Å². The van der Waals surface area contributed by atoms with Crippen molar-refractivity contribution in [2.45, 2.75) is 75.4 Å². The summed E-state index contributed by atoms with van der Waals surface area (Å²) in [4.78, 5) is 0. The van der Waals surface area contributed by atoms with Gasteiger partial charge in [0.25, 0.3) is 5.60 Å². The van der Waals surface area contributed by atoms with Gasteiger partial charge in [-0.2, -0.15) is 26.3 Å². The lowest BCUT2D eigenvalue weighted by Crippen LogP contribution is -2.66. The van der Waals surface area contributed by atoms with Gasteiger partial charge in [0.05, 0.1) is 6.26 Å². The molecule has 1 N–H and O–H groups in total. The molecule has 3 rings (SSSR count). The van der Waals surface area contributed by atoms with Crippen LogP contribution in [0, 0.1) is 29.6 Å². The first-order valence-corrected chi connectivity index (χ1v) is 9.64. The molecule has 0 aromatic heterocycles. The molecule has 8 heteroatoms. The van der Waals surface area contributed by atoms with Gasteiger partial charge >= 0.3 is 12.4 Å². The molecule has 0 aromatic carbocycles. The Morgan fingerprint density at radius 3 is 2.00 bits per heavy atom. The van der Waals surface area contributed by atoms with Gasteiger partial charge in [-0.3, -0.25) is 0 Å². The van der Waals surface area contributed by atoms with Gasteiger partial charge in [-0.1, -0.05) is 32.3 Å². The summed E-state index contributed by atoms with van der Waals surface area (Å²) in [6.45, 7) is 3.54. The molecular formula is C19H26F6O2. The van der Waals surface area contributed by atoms with Crippen molar-refractivity contribution in [3.05, 3.63) is 12.8 Å². The lowest BCUT2D eigenvalue weighted by atomic mass is 9.53. The Labute approximate surface area is 155 Å². The predicted octanol–water partition coefficient (Wildman–Crippen LogP) is 5.61. The summed E-state index contributed by atoms with van der Waals surface area (Å²) < 4.78 is 86.7. The zero-order valence-electron chi connectivity index (χ0n) is 15.0. The summed E-state index contributed by atoms with van der Waals surface area (Å²) in [6.07, 6.45) is -6.37. The molecule has 0 aliphatic heterocycles. The molecule has 0 spiro atoms. The number of alkyl halides is 6. The van der Waals surface area contributed by atoms with Gasteiger partial charge in [-0.25, -0.2) is 0 Å². The van der Waals surface area contributed by atoms with Crippen molar-refractivity contribution in [2.24, 2.45) is 29.6 Å². The van der Waals surface area contributed by atoms with Gasteiger partial charge < -0.3 is 9.84 Å². The number of hydrogen-bond acceptors (Lipinski definition) is 2. The molecule has 3 aliphatic carbocycles. The number of rotatable bonds is 3. The average molecular weight is 400 g/mol.